The van der Waals surface area contributed by atoms with Gasteiger partial charge in [0.2, 0.25) is 0 Å². The van der Waals surface area contributed by atoms with E-state index in [9.17, 15) is 0 Å². The van der Waals surface area contributed by atoms with E-state index < -0.39 is 0 Å². The maximum absolute atomic E-state index is 5.39. The Balaban J connectivity index is 1.75. The Bertz CT molecular complexity index is 593. The first-order valence-corrected chi connectivity index (χ1v) is 8.77. The maximum atomic E-state index is 5.39. The highest BCUT2D eigenvalue weighted by atomic mass is 32.1. The topological polar surface area (TPSA) is 24.1 Å². The number of thiocarbonyl (C=S) groups is 1. The highest BCUT2D eigenvalue weighted by Crippen LogP contribution is 2.14. The van der Waals surface area contributed by atoms with Crippen molar-refractivity contribution in [3.8, 4) is 0 Å². The Labute approximate surface area is 145 Å². The summed E-state index contributed by atoms with van der Waals surface area (Å²) < 4.78 is 0. The van der Waals surface area contributed by atoms with E-state index in [0.717, 1.165) is 19.4 Å². The molecule has 0 amide bonds. The van der Waals surface area contributed by atoms with E-state index in [1.165, 1.54) is 23.1 Å². The summed E-state index contributed by atoms with van der Waals surface area (Å²) in [6.07, 6.45) is 3.30. The van der Waals surface area contributed by atoms with Crippen molar-refractivity contribution in [1.29, 1.82) is 0 Å². The quantitative estimate of drug-likeness (QED) is 0.737. The lowest BCUT2D eigenvalue weighted by Gasteiger charge is -2.18. The standard InChI is InChI=1S/C20H26N2S/c1-3-7-17-10-12-19(13-11-17)16(2)22-20(23)21-15-14-18-8-5-4-6-9-18/h4-6,8-13,16H,3,7,14-15H2,1-2H3,(H2,21,22,23). The van der Waals surface area contributed by atoms with E-state index >= 15 is 0 Å². The molecule has 0 aliphatic heterocycles. The molecule has 0 saturated heterocycles. The summed E-state index contributed by atoms with van der Waals surface area (Å²) in [7, 11) is 0. The fourth-order valence-corrected chi connectivity index (χ4v) is 2.84. The van der Waals surface area contributed by atoms with Crippen LogP contribution in [0, 0.1) is 0 Å². The molecular weight excluding hydrogens is 300 g/mol. The number of hydrogen-bond donors (Lipinski definition) is 2. The smallest absolute Gasteiger partial charge is 0.166 e. The molecule has 122 valence electrons. The van der Waals surface area contributed by atoms with Crippen molar-refractivity contribution >= 4 is 17.3 Å². The molecule has 1 atom stereocenters. The molecular formula is C20H26N2S. The molecule has 2 aromatic carbocycles. The third-order valence-corrected chi connectivity index (χ3v) is 4.17. The monoisotopic (exact) mass is 326 g/mol. The predicted molar refractivity (Wildman–Crippen MR) is 103 cm³/mol. The third-order valence-electron chi connectivity index (χ3n) is 3.91. The molecule has 2 N–H and O–H groups in total. The largest absolute Gasteiger partial charge is 0.362 e. The zero-order valence-electron chi connectivity index (χ0n) is 14.0. The van der Waals surface area contributed by atoms with Crippen molar-refractivity contribution in [2.24, 2.45) is 0 Å². The van der Waals surface area contributed by atoms with E-state index in [-0.39, 0.29) is 6.04 Å². The minimum Gasteiger partial charge on any atom is -0.362 e. The van der Waals surface area contributed by atoms with Crippen LogP contribution in [0.15, 0.2) is 54.6 Å². The molecule has 1 unspecified atom stereocenters. The van der Waals surface area contributed by atoms with E-state index in [1.54, 1.807) is 0 Å². The molecule has 0 radical (unpaired) electrons. The van der Waals surface area contributed by atoms with Gasteiger partial charge in [-0.3, -0.25) is 0 Å². The van der Waals surface area contributed by atoms with Gasteiger partial charge in [0.15, 0.2) is 5.11 Å². The Hall–Kier alpha value is -1.87. The van der Waals surface area contributed by atoms with Crippen LogP contribution in [0.1, 0.15) is 43.0 Å². The Morgan fingerprint density at radius 3 is 2.26 bits per heavy atom. The van der Waals surface area contributed by atoms with Crippen molar-refractivity contribution in [3.63, 3.8) is 0 Å². The zero-order chi connectivity index (χ0) is 16.5. The fourth-order valence-electron chi connectivity index (χ4n) is 2.56. The molecule has 0 aliphatic carbocycles. The first-order chi connectivity index (χ1) is 11.2. The summed E-state index contributed by atoms with van der Waals surface area (Å²) in [5, 5.41) is 7.35. The molecule has 0 spiro atoms. The van der Waals surface area contributed by atoms with Gasteiger partial charge in [0.25, 0.3) is 0 Å². The van der Waals surface area contributed by atoms with Crippen molar-refractivity contribution < 1.29 is 0 Å². The van der Waals surface area contributed by atoms with Crippen LogP contribution in [-0.2, 0) is 12.8 Å². The summed E-state index contributed by atoms with van der Waals surface area (Å²) in [6.45, 7) is 5.19. The van der Waals surface area contributed by atoms with E-state index in [0.29, 0.717) is 5.11 Å². The Morgan fingerprint density at radius 1 is 0.957 bits per heavy atom. The van der Waals surface area contributed by atoms with Crippen LogP contribution in [0.4, 0.5) is 0 Å². The summed E-state index contributed by atoms with van der Waals surface area (Å²) in [5.74, 6) is 0. The lowest BCUT2D eigenvalue weighted by Crippen LogP contribution is -2.37. The molecule has 3 heteroatoms. The van der Waals surface area contributed by atoms with Crippen molar-refractivity contribution in [2.45, 2.75) is 39.2 Å². The zero-order valence-corrected chi connectivity index (χ0v) is 14.8. The molecule has 23 heavy (non-hydrogen) atoms. The van der Waals surface area contributed by atoms with E-state index in [1.807, 2.05) is 6.07 Å². The van der Waals surface area contributed by atoms with Gasteiger partial charge in [-0.2, -0.15) is 0 Å². The Kier molecular flexibility index (Phi) is 7.08. The highest BCUT2D eigenvalue weighted by Gasteiger charge is 2.06. The van der Waals surface area contributed by atoms with Gasteiger partial charge in [-0.15, -0.1) is 0 Å². The van der Waals surface area contributed by atoms with Crippen LogP contribution >= 0.6 is 12.2 Å². The minimum absolute atomic E-state index is 0.211. The Morgan fingerprint density at radius 2 is 1.61 bits per heavy atom. The van der Waals surface area contributed by atoms with Gasteiger partial charge in [-0.1, -0.05) is 67.9 Å². The minimum atomic E-state index is 0.211. The number of hydrogen-bond acceptors (Lipinski definition) is 1. The van der Waals surface area contributed by atoms with Crippen LogP contribution in [0.5, 0.6) is 0 Å². The number of aryl methyl sites for hydroxylation is 1. The van der Waals surface area contributed by atoms with Crippen molar-refractivity contribution in [1.82, 2.24) is 10.6 Å². The second-order valence-corrected chi connectivity index (χ2v) is 6.26. The fraction of sp³-hybridized carbons (Fsp3) is 0.350. The van der Waals surface area contributed by atoms with Crippen LogP contribution in [0.3, 0.4) is 0 Å². The molecule has 0 fully saturated rings. The molecule has 0 heterocycles. The second-order valence-electron chi connectivity index (χ2n) is 5.85. The van der Waals surface area contributed by atoms with E-state index in [4.69, 9.17) is 12.2 Å². The van der Waals surface area contributed by atoms with Gasteiger partial charge in [0, 0.05) is 6.54 Å². The SMILES string of the molecule is CCCc1ccc(C(C)NC(=S)NCCc2ccccc2)cc1. The highest BCUT2D eigenvalue weighted by molar-refractivity contribution is 7.80. The number of benzene rings is 2. The molecule has 2 aromatic rings. The van der Waals surface area contributed by atoms with Gasteiger partial charge in [-0.05, 0) is 48.7 Å². The van der Waals surface area contributed by atoms with E-state index in [2.05, 4.69) is 73.0 Å². The first kappa shape index (κ1) is 17.5. The molecule has 2 nitrogen and oxygen atoms in total. The summed E-state index contributed by atoms with van der Waals surface area (Å²) in [4.78, 5) is 0. The lowest BCUT2D eigenvalue weighted by molar-refractivity contribution is 0.696. The average molecular weight is 327 g/mol. The third kappa shape index (κ3) is 6.03. The van der Waals surface area contributed by atoms with Gasteiger partial charge >= 0.3 is 0 Å². The molecule has 0 aromatic heterocycles. The molecule has 0 bridgehead atoms. The van der Waals surface area contributed by atoms with Crippen LogP contribution in [-0.4, -0.2) is 11.7 Å². The summed E-state index contributed by atoms with van der Waals surface area (Å²) in [6, 6.07) is 19.5. The molecule has 0 saturated carbocycles. The second kappa shape index (κ2) is 9.31. The van der Waals surface area contributed by atoms with Crippen LogP contribution < -0.4 is 10.6 Å². The number of nitrogens with one attached hydrogen (secondary N) is 2. The van der Waals surface area contributed by atoms with Gasteiger partial charge in [0.05, 0.1) is 6.04 Å². The molecule has 0 aliphatic rings. The summed E-state index contributed by atoms with van der Waals surface area (Å²) >= 11 is 5.39. The summed E-state index contributed by atoms with van der Waals surface area (Å²) in [5.41, 5.74) is 3.98. The maximum Gasteiger partial charge on any atom is 0.166 e. The van der Waals surface area contributed by atoms with Crippen LogP contribution in [0.2, 0.25) is 0 Å². The van der Waals surface area contributed by atoms with Gasteiger partial charge in [-0.25, -0.2) is 0 Å². The van der Waals surface area contributed by atoms with Gasteiger partial charge < -0.3 is 10.6 Å². The van der Waals surface area contributed by atoms with Crippen molar-refractivity contribution in [3.05, 3.63) is 71.3 Å². The molecule has 2 rings (SSSR count). The lowest BCUT2D eigenvalue weighted by atomic mass is 10.0. The van der Waals surface area contributed by atoms with Crippen molar-refractivity contribution in [2.75, 3.05) is 6.54 Å². The van der Waals surface area contributed by atoms with Gasteiger partial charge in [0.1, 0.15) is 0 Å². The first-order valence-electron chi connectivity index (χ1n) is 8.36. The predicted octanol–water partition coefficient (Wildman–Crippen LogP) is 4.41. The average Bonchev–Trinajstić information content (AvgIpc) is 2.57. The van der Waals surface area contributed by atoms with Crippen LogP contribution in [0.25, 0.3) is 0 Å². The number of rotatable bonds is 7. The normalized spacial score (nSPS) is 11.7.